The minimum atomic E-state index is -0.240. The first-order valence-corrected chi connectivity index (χ1v) is 10.6. The van der Waals surface area contributed by atoms with Gasteiger partial charge in [-0.1, -0.05) is 81.3 Å². The van der Waals surface area contributed by atoms with Crippen molar-refractivity contribution in [2.45, 2.75) is 83.6 Å². The number of benzene rings is 1. The second-order valence-corrected chi connectivity index (χ2v) is 7.42. The standard InChI is InChI=1S/C22H36N4O/c1-2-3-4-5-6-7-8-9-11-18-13-15-19(16-14-18)21-25-22(27-26-21)20(24)12-10-17-23/h13-16,20H,2-12,17,23-24H2,1H3. The van der Waals surface area contributed by atoms with Crippen molar-refractivity contribution < 1.29 is 4.52 Å². The van der Waals surface area contributed by atoms with Crippen LogP contribution in [0.2, 0.25) is 0 Å². The average molecular weight is 373 g/mol. The summed E-state index contributed by atoms with van der Waals surface area (Å²) < 4.78 is 5.31. The number of rotatable bonds is 14. The zero-order valence-electron chi connectivity index (χ0n) is 16.8. The van der Waals surface area contributed by atoms with E-state index in [0.717, 1.165) is 24.8 Å². The Morgan fingerprint density at radius 3 is 2.26 bits per heavy atom. The van der Waals surface area contributed by atoms with Gasteiger partial charge in [0.2, 0.25) is 11.7 Å². The molecule has 1 unspecified atom stereocenters. The number of nitrogens with two attached hydrogens (primary N) is 2. The van der Waals surface area contributed by atoms with E-state index in [9.17, 15) is 0 Å². The van der Waals surface area contributed by atoms with Crippen LogP contribution in [0.3, 0.4) is 0 Å². The second-order valence-electron chi connectivity index (χ2n) is 7.42. The van der Waals surface area contributed by atoms with E-state index < -0.39 is 0 Å². The van der Waals surface area contributed by atoms with Crippen LogP contribution in [0.5, 0.6) is 0 Å². The number of aromatic nitrogens is 2. The van der Waals surface area contributed by atoms with E-state index in [4.69, 9.17) is 16.0 Å². The molecule has 2 rings (SSSR count). The Kier molecular flexibility index (Phi) is 10.1. The van der Waals surface area contributed by atoms with Crippen LogP contribution in [0.15, 0.2) is 28.8 Å². The van der Waals surface area contributed by atoms with E-state index in [2.05, 4.69) is 41.3 Å². The molecule has 4 N–H and O–H groups in total. The monoisotopic (exact) mass is 372 g/mol. The van der Waals surface area contributed by atoms with Crippen LogP contribution in [0.25, 0.3) is 11.4 Å². The molecule has 0 amide bonds. The molecule has 1 heterocycles. The van der Waals surface area contributed by atoms with E-state index in [1.165, 1.54) is 56.9 Å². The van der Waals surface area contributed by atoms with Crippen molar-refractivity contribution in [3.8, 4) is 11.4 Å². The van der Waals surface area contributed by atoms with Gasteiger partial charge < -0.3 is 16.0 Å². The SMILES string of the molecule is CCCCCCCCCCc1ccc(-c2noc(C(N)CCCN)n2)cc1. The Hall–Kier alpha value is -1.72. The number of nitrogens with zero attached hydrogens (tertiary/aromatic N) is 2. The Balaban J connectivity index is 1.73. The molecule has 1 aromatic carbocycles. The van der Waals surface area contributed by atoms with Gasteiger partial charge >= 0.3 is 0 Å². The lowest BCUT2D eigenvalue weighted by Crippen LogP contribution is -2.12. The molecule has 0 spiro atoms. The minimum absolute atomic E-state index is 0.240. The Bertz CT molecular complexity index is 623. The van der Waals surface area contributed by atoms with Gasteiger partial charge in [-0.3, -0.25) is 0 Å². The highest BCUT2D eigenvalue weighted by Gasteiger charge is 2.15. The zero-order valence-corrected chi connectivity index (χ0v) is 16.8. The molecule has 5 nitrogen and oxygen atoms in total. The molecule has 5 heteroatoms. The lowest BCUT2D eigenvalue weighted by atomic mass is 10.0. The van der Waals surface area contributed by atoms with Gasteiger partial charge in [0.25, 0.3) is 0 Å². The summed E-state index contributed by atoms with van der Waals surface area (Å²) in [5, 5.41) is 4.06. The van der Waals surface area contributed by atoms with Crippen LogP contribution in [0.4, 0.5) is 0 Å². The van der Waals surface area contributed by atoms with Crippen LogP contribution < -0.4 is 11.5 Å². The topological polar surface area (TPSA) is 91.0 Å². The van der Waals surface area contributed by atoms with Crippen molar-refractivity contribution in [2.75, 3.05) is 6.54 Å². The second kappa shape index (κ2) is 12.6. The van der Waals surface area contributed by atoms with Crippen molar-refractivity contribution in [1.29, 1.82) is 0 Å². The lowest BCUT2D eigenvalue weighted by Gasteiger charge is -2.04. The zero-order chi connectivity index (χ0) is 19.3. The molecule has 0 saturated heterocycles. The molecule has 0 bridgehead atoms. The lowest BCUT2D eigenvalue weighted by molar-refractivity contribution is 0.347. The highest BCUT2D eigenvalue weighted by atomic mass is 16.5. The maximum atomic E-state index is 6.06. The number of hydrogen-bond acceptors (Lipinski definition) is 5. The van der Waals surface area contributed by atoms with Gasteiger partial charge in [0.05, 0.1) is 6.04 Å². The Morgan fingerprint density at radius 2 is 1.59 bits per heavy atom. The van der Waals surface area contributed by atoms with Gasteiger partial charge in [-0.05, 0) is 37.8 Å². The number of hydrogen-bond donors (Lipinski definition) is 2. The van der Waals surface area contributed by atoms with Gasteiger partial charge in [-0.25, -0.2) is 0 Å². The summed E-state index contributed by atoms with van der Waals surface area (Å²) in [5.41, 5.74) is 13.9. The van der Waals surface area contributed by atoms with Crippen LogP contribution in [0, 0.1) is 0 Å². The van der Waals surface area contributed by atoms with E-state index in [-0.39, 0.29) is 6.04 Å². The molecule has 2 aromatic rings. The largest absolute Gasteiger partial charge is 0.337 e. The van der Waals surface area contributed by atoms with E-state index in [1.54, 1.807) is 0 Å². The molecule has 0 saturated carbocycles. The molecule has 0 aliphatic heterocycles. The summed E-state index contributed by atoms with van der Waals surface area (Å²) in [4.78, 5) is 4.44. The molecular formula is C22H36N4O. The predicted molar refractivity (Wildman–Crippen MR) is 111 cm³/mol. The quantitative estimate of drug-likeness (QED) is 0.447. The van der Waals surface area contributed by atoms with Crippen LogP contribution in [-0.2, 0) is 6.42 Å². The van der Waals surface area contributed by atoms with Crippen LogP contribution in [-0.4, -0.2) is 16.7 Å². The van der Waals surface area contributed by atoms with Crippen LogP contribution >= 0.6 is 0 Å². The normalized spacial score (nSPS) is 12.4. The molecule has 0 fully saturated rings. The summed E-state index contributed by atoms with van der Waals surface area (Å²) in [6.45, 7) is 2.89. The van der Waals surface area contributed by atoms with Gasteiger partial charge in [-0.15, -0.1) is 0 Å². The fraction of sp³-hybridized carbons (Fsp3) is 0.636. The van der Waals surface area contributed by atoms with Crippen molar-refractivity contribution in [2.24, 2.45) is 11.5 Å². The van der Waals surface area contributed by atoms with Crippen molar-refractivity contribution >= 4 is 0 Å². The first kappa shape index (κ1) is 21.6. The van der Waals surface area contributed by atoms with E-state index in [0.29, 0.717) is 18.3 Å². The predicted octanol–water partition coefficient (Wildman–Crippen LogP) is 5.16. The van der Waals surface area contributed by atoms with Crippen molar-refractivity contribution in [3.63, 3.8) is 0 Å². The summed E-state index contributed by atoms with van der Waals surface area (Å²) in [5.74, 6) is 1.09. The first-order valence-electron chi connectivity index (χ1n) is 10.6. The molecule has 0 aliphatic rings. The van der Waals surface area contributed by atoms with E-state index in [1.807, 2.05) is 0 Å². The third-order valence-corrected chi connectivity index (χ3v) is 5.01. The first-order chi connectivity index (χ1) is 13.2. The molecule has 1 aromatic heterocycles. The van der Waals surface area contributed by atoms with Crippen molar-refractivity contribution in [1.82, 2.24) is 10.1 Å². The van der Waals surface area contributed by atoms with Crippen LogP contribution in [0.1, 0.15) is 88.6 Å². The maximum absolute atomic E-state index is 6.06. The number of aryl methyl sites for hydroxylation is 1. The van der Waals surface area contributed by atoms with Gasteiger partial charge in [0.15, 0.2) is 0 Å². The molecule has 1 atom stereocenters. The fourth-order valence-electron chi connectivity index (χ4n) is 3.25. The average Bonchev–Trinajstić information content (AvgIpc) is 3.19. The minimum Gasteiger partial charge on any atom is -0.337 e. The maximum Gasteiger partial charge on any atom is 0.243 e. The summed E-state index contributed by atoms with van der Waals surface area (Å²) in [7, 11) is 0. The van der Waals surface area contributed by atoms with Gasteiger partial charge in [0.1, 0.15) is 0 Å². The molecule has 27 heavy (non-hydrogen) atoms. The Morgan fingerprint density at radius 1 is 0.926 bits per heavy atom. The third-order valence-electron chi connectivity index (χ3n) is 5.01. The molecule has 150 valence electrons. The Labute approximate surface area is 163 Å². The van der Waals surface area contributed by atoms with E-state index >= 15 is 0 Å². The summed E-state index contributed by atoms with van der Waals surface area (Å²) in [6, 6.07) is 8.23. The van der Waals surface area contributed by atoms with Gasteiger partial charge in [-0.2, -0.15) is 4.98 Å². The molecule has 0 aliphatic carbocycles. The van der Waals surface area contributed by atoms with Gasteiger partial charge in [0, 0.05) is 5.56 Å². The summed E-state index contributed by atoms with van der Waals surface area (Å²) in [6.07, 6.45) is 13.6. The molecule has 0 radical (unpaired) electrons. The van der Waals surface area contributed by atoms with Crippen molar-refractivity contribution in [3.05, 3.63) is 35.7 Å². The summed E-state index contributed by atoms with van der Waals surface area (Å²) >= 11 is 0. The fourth-order valence-corrected chi connectivity index (χ4v) is 3.25. The third kappa shape index (κ3) is 7.81. The smallest absolute Gasteiger partial charge is 0.243 e. The number of unbranched alkanes of at least 4 members (excludes halogenated alkanes) is 7. The highest BCUT2D eigenvalue weighted by molar-refractivity contribution is 5.54. The molecular weight excluding hydrogens is 336 g/mol. The highest BCUT2D eigenvalue weighted by Crippen LogP contribution is 2.21.